The van der Waals surface area contributed by atoms with Crippen LogP contribution in [0.1, 0.15) is 12.0 Å². The molecule has 2 aromatic carbocycles. The fraction of sp³-hybridized carbons (Fsp3) is 0.310. The number of aldehydes is 1. The lowest BCUT2D eigenvalue weighted by atomic mass is 9.98. The Morgan fingerprint density at radius 2 is 1.77 bits per heavy atom. The van der Waals surface area contributed by atoms with Crippen molar-refractivity contribution < 1.29 is 4.79 Å². The third kappa shape index (κ3) is 4.47. The van der Waals surface area contributed by atoms with Crippen molar-refractivity contribution in [2.45, 2.75) is 12.5 Å². The molecule has 0 saturated carbocycles. The molecule has 2 aliphatic rings. The van der Waals surface area contributed by atoms with Gasteiger partial charge < -0.3 is 14.7 Å². The number of para-hydroxylation sites is 2. The number of H-pyrrole nitrogens is 1. The second kappa shape index (κ2) is 9.64. The number of fused-ring (bicyclic) bond motifs is 2. The Labute approximate surface area is 205 Å². The first-order chi connectivity index (χ1) is 17.3. The topological polar surface area (TPSA) is 55.5 Å². The van der Waals surface area contributed by atoms with E-state index >= 15 is 0 Å². The maximum absolute atomic E-state index is 12.1. The van der Waals surface area contributed by atoms with Crippen LogP contribution in [0.2, 0.25) is 0 Å². The smallest absolute Gasteiger partial charge is 0.138 e. The van der Waals surface area contributed by atoms with E-state index in [0.29, 0.717) is 0 Å². The molecule has 2 aromatic heterocycles. The molecular weight excluding hydrogens is 434 g/mol. The third-order valence-electron chi connectivity index (χ3n) is 7.53. The van der Waals surface area contributed by atoms with Crippen LogP contribution in [0.4, 0.5) is 5.82 Å². The Morgan fingerprint density at radius 1 is 0.943 bits per heavy atom. The van der Waals surface area contributed by atoms with Crippen LogP contribution in [0, 0.1) is 0 Å². The average molecular weight is 466 g/mol. The molecule has 0 amide bonds. The van der Waals surface area contributed by atoms with Gasteiger partial charge in [-0.25, -0.2) is 4.98 Å². The lowest BCUT2D eigenvalue weighted by Crippen LogP contribution is -2.52. The molecule has 0 aliphatic carbocycles. The highest BCUT2D eigenvalue weighted by Gasteiger charge is 2.26. The highest BCUT2D eigenvalue weighted by atomic mass is 16.1. The molecule has 6 nitrogen and oxygen atoms in total. The van der Waals surface area contributed by atoms with Crippen molar-refractivity contribution in [2.24, 2.45) is 0 Å². The Balaban J connectivity index is 1.06. The number of nitrogens with one attached hydrogen (secondary N) is 1. The number of hydrogen-bond donors (Lipinski definition) is 1. The minimum atomic E-state index is -0.0684. The number of benzene rings is 2. The van der Waals surface area contributed by atoms with E-state index in [9.17, 15) is 4.79 Å². The van der Waals surface area contributed by atoms with E-state index in [0.717, 1.165) is 69.9 Å². The summed E-state index contributed by atoms with van der Waals surface area (Å²) in [4.78, 5) is 27.4. The molecule has 0 radical (unpaired) electrons. The molecule has 35 heavy (non-hydrogen) atoms. The summed E-state index contributed by atoms with van der Waals surface area (Å²) in [5.74, 6) is 1.04. The number of hydrogen-bond acceptors (Lipinski definition) is 5. The standard InChI is InChI=1S/C29H31N5O/c35-21-24(33-13-11-22(12-14-33)26-19-30-28-8-4-2-6-25(26)28)20-32-15-17-34(18-16-32)29-10-9-23-5-1-3-7-27(23)31-29/h1-11,19,21,24,30H,12-18,20H2. The first-order valence-corrected chi connectivity index (χ1v) is 12.6. The second-order valence-corrected chi connectivity index (χ2v) is 9.58. The van der Waals surface area contributed by atoms with Crippen LogP contribution in [0.3, 0.4) is 0 Å². The summed E-state index contributed by atoms with van der Waals surface area (Å²) >= 11 is 0. The van der Waals surface area contributed by atoms with Gasteiger partial charge in [0.1, 0.15) is 12.1 Å². The number of aromatic amines is 1. The predicted octanol–water partition coefficient (Wildman–Crippen LogP) is 4.19. The van der Waals surface area contributed by atoms with Gasteiger partial charge in [-0.05, 0) is 36.3 Å². The fourth-order valence-electron chi connectivity index (χ4n) is 5.47. The molecule has 1 N–H and O–H groups in total. The number of aromatic nitrogens is 2. The minimum Gasteiger partial charge on any atom is -0.361 e. The van der Waals surface area contributed by atoms with E-state index in [1.807, 2.05) is 12.1 Å². The quantitative estimate of drug-likeness (QED) is 0.433. The van der Waals surface area contributed by atoms with E-state index in [2.05, 4.69) is 80.5 Å². The maximum Gasteiger partial charge on any atom is 0.138 e. The fourth-order valence-corrected chi connectivity index (χ4v) is 5.47. The van der Waals surface area contributed by atoms with Crippen molar-refractivity contribution in [1.82, 2.24) is 19.8 Å². The molecule has 2 aliphatic heterocycles. The number of anilines is 1. The number of piperazine rings is 1. The molecule has 0 spiro atoms. The van der Waals surface area contributed by atoms with Crippen LogP contribution in [0.5, 0.6) is 0 Å². The maximum atomic E-state index is 12.1. The summed E-state index contributed by atoms with van der Waals surface area (Å²) in [6.45, 7) is 6.28. The minimum absolute atomic E-state index is 0.0684. The number of pyridine rings is 1. The van der Waals surface area contributed by atoms with Gasteiger partial charge in [0.25, 0.3) is 0 Å². The number of carbonyl (C=O) groups is 1. The molecule has 1 unspecified atom stereocenters. The number of nitrogens with zero attached hydrogens (tertiary/aromatic N) is 4. The highest BCUT2D eigenvalue weighted by molar-refractivity contribution is 5.92. The van der Waals surface area contributed by atoms with Crippen molar-refractivity contribution in [2.75, 3.05) is 50.7 Å². The summed E-state index contributed by atoms with van der Waals surface area (Å²) in [6, 6.07) is 20.9. The number of carbonyl (C=O) groups excluding carboxylic acids is 1. The Hall–Kier alpha value is -3.48. The lowest BCUT2D eigenvalue weighted by molar-refractivity contribution is -0.113. The summed E-state index contributed by atoms with van der Waals surface area (Å²) in [5, 5.41) is 2.45. The summed E-state index contributed by atoms with van der Waals surface area (Å²) < 4.78 is 0. The van der Waals surface area contributed by atoms with E-state index in [4.69, 9.17) is 4.98 Å². The van der Waals surface area contributed by atoms with Gasteiger partial charge in [0.2, 0.25) is 0 Å². The van der Waals surface area contributed by atoms with E-state index in [-0.39, 0.29) is 6.04 Å². The summed E-state index contributed by atoms with van der Waals surface area (Å²) in [5.41, 5.74) is 4.88. The Bertz CT molecular complexity index is 1370. The largest absolute Gasteiger partial charge is 0.361 e. The van der Waals surface area contributed by atoms with E-state index in [1.165, 1.54) is 27.4 Å². The normalized spacial score (nSPS) is 18.6. The molecule has 6 rings (SSSR count). The van der Waals surface area contributed by atoms with E-state index in [1.54, 1.807) is 0 Å². The molecule has 4 heterocycles. The van der Waals surface area contributed by atoms with Gasteiger partial charge in [-0.3, -0.25) is 9.80 Å². The van der Waals surface area contributed by atoms with Crippen LogP contribution >= 0.6 is 0 Å². The van der Waals surface area contributed by atoms with Gasteiger partial charge in [-0.15, -0.1) is 0 Å². The molecular formula is C29H31N5O. The lowest BCUT2D eigenvalue weighted by Gasteiger charge is -2.39. The van der Waals surface area contributed by atoms with Gasteiger partial charge in [-0.2, -0.15) is 0 Å². The zero-order valence-corrected chi connectivity index (χ0v) is 19.9. The SMILES string of the molecule is O=CC(CN1CCN(c2ccc3ccccc3n2)CC1)N1CC=C(c2c[nH]c3ccccc23)CC1. The van der Waals surface area contributed by atoms with Crippen LogP contribution in [-0.2, 0) is 4.79 Å². The zero-order chi connectivity index (χ0) is 23.6. The second-order valence-electron chi connectivity index (χ2n) is 9.58. The van der Waals surface area contributed by atoms with Crippen LogP contribution < -0.4 is 4.90 Å². The van der Waals surface area contributed by atoms with E-state index < -0.39 is 0 Å². The number of rotatable bonds is 6. The molecule has 178 valence electrons. The van der Waals surface area contributed by atoms with Gasteiger partial charge in [-0.1, -0.05) is 42.5 Å². The van der Waals surface area contributed by atoms with Crippen LogP contribution in [0.25, 0.3) is 27.4 Å². The van der Waals surface area contributed by atoms with Crippen molar-refractivity contribution >= 4 is 39.5 Å². The molecule has 1 atom stereocenters. The van der Waals surface area contributed by atoms with Gasteiger partial charge in [0, 0.05) is 73.9 Å². The summed E-state index contributed by atoms with van der Waals surface area (Å²) in [6.07, 6.45) is 6.53. The first-order valence-electron chi connectivity index (χ1n) is 12.6. The van der Waals surface area contributed by atoms with Gasteiger partial charge in [0.05, 0.1) is 11.6 Å². The van der Waals surface area contributed by atoms with Crippen molar-refractivity contribution in [3.8, 4) is 0 Å². The molecule has 1 saturated heterocycles. The molecule has 0 bridgehead atoms. The zero-order valence-electron chi connectivity index (χ0n) is 19.9. The van der Waals surface area contributed by atoms with Crippen molar-refractivity contribution in [3.05, 3.63) is 78.5 Å². The predicted molar refractivity (Wildman–Crippen MR) is 143 cm³/mol. The monoisotopic (exact) mass is 465 g/mol. The van der Waals surface area contributed by atoms with Crippen molar-refractivity contribution in [3.63, 3.8) is 0 Å². The van der Waals surface area contributed by atoms with Gasteiger partial charge in [0.15, 0.2) is 0 Å². The van der Waals surface area contributed by atoms with Gasteiger partial charge >= 0.3 is 0 Å². The molecule has 6 heteroatoms. The highest BCUT2D eigenvalue weighted by Crippen LogP contribution is 2.29. The van der Waals surface area contributed by atoms with Crippen LogP contribution in [-0.4, -0.2) is 77.9 Å². The van der Waals surface area contributed by atoms with Crippen LogP contribution in [0.15, 0.2) is 72.9 Å². The average Bonchev–Trinajstić information content (AvgIpc) is 3.36. The van der Waals surface area contributed by atoms with Crippen molar-refractivity contribution in [1.29, 1.82) is 0 Å². The Kier molecular flexibility index (Phi) is 6.06. The Morgan fingerprint density at radius 3 is 2.60 bits per heavy atom. The molecule has 1 fully saturated rings. The third-order valence-corrected chi connectivity index (χ3v) is 7.53. The molecule has 4 aromatic rings. The first kappa shape index (κ1) is 22.0. The summed E-state index contributed by atoms with van der Waals surface area (Å²) in [7, 11) is 0.